The minimum atomic E-state index is -1.27. The van der Waals surface area contributed by atoms with E-state index in [-0.39, 0.29) is 12.5 Å². The van der Waals surface area contributed by atoms with Crippen LogP contribution in [0.25, 0.3) is 6.08 Å². The smallest absolute Gasteiger partial charge is 0.252 e. The summed E-state index contributed by atoms with van der Waals surface area (Å²) in [7, 11) is 0. The number of aliphatic imine (C=N–C) groups is 1. The highest BCUT2D eigenvalue weighted by molar-refractivity contribution is 9.10. The highest BCUT2D eigenvalue weighted by atomic mass is 79.9. The van der Waals surface area contributed by atoms with Crippen LogP contribution in [0.4, 0.5) is 0 Å². The van der Waals surface area contributed by atoms with Crippen molar-refractivity contribution in [2.45, 2.75) is 38.0 Å². The number of ether oxygens (including phenoxy) is 2. The van der Waals surface area contributed by atoms with Crippen molar-refractivity contribution in [1.29, 1.82) is 0 Å². The van der Waals surface area contributed by atoms with Gasteiger partial charge in [-0.3, -0.25) is 4.79 Å². The van der Waals surface area contributed by atoms with Crippen molar-refractivity contribution >= 4 is 33.8 Å². The second kappa shape index (κ2) is 14.3. The van der Waals surface area contributed by atoms with Gasteiger partial charge in [0.2, 0.25) is 5.90 Å². The van der Waals surface area contributed by atoms with E-state index >= 15 is 0 Å². The zero-order chi connectivity index (χ0) is 30.1. The van der Waals surface area contributed by atoms with Crippen molar-refractivity contribution in [2.75, 3.05) is 13.2 Å². The van der Waals surface area contributed by atoms with Gasteiger partial charge in [-0.1, -0.05) is 106 Å². The third kappa shape index (κ3) is 7.42. The molecule has 2 N–H and O–H groups in total. The van der Waals surface area contributed by atoms with E-state index in [0.29, 0.717) is 37.6 Å². The zero-order valence-electron chi connectivity index (χ0n) is 24.1. The molecular weight excluding hydrogens is 604 g/mol. The molecule has 1 aliphatic rings. The summed E-state index contributed by atoms with van der Waals surface area (Å²) in [5.74, 6) is 0.860. The average molecular weight is 640 g/mol. The molecule has 4 aromatic rings. The molecule has 1 aliphatic heterocycles. The van der Waals surface area contributed by atoms with E-state index in [1.807, 2.05) is 116 Å². The summed E-state index contributed by atoms with van der Waals surface area (Å²) in [5, 5.41) is 12.2. The molecule has 4 aromatic carbocycles. The van der Waals surface area contributed by atoms with Gasteiger partial charge in [-0.05, 0) is 48.4 Å². The van der Waals surface area contributed by atoms with Crippen LogP contribution in [-0.4, -0.2) is 35.7 Å². The monoisotopic (exact) mass is 638 g/mol. The quantitative estimate of drug-likeness (QED) is 0.161. The fourth-order valence-corrected chi connectivity index (χ4v) is 5.57. The first-order valence-electron chi connectivity index (χ1n) is 14.4. The Labute approximate surface area is 261 Å². The minimum absolute atomic E-state index is 0.0753. The van der Waals surface area contributed by atoms with Gasteiger partial charge in [-0.25, -0.2) is 4.99 Å². The minimum Gasteiger partial charge on any atom is -0.494 e. The van der Waals surface area contributed by atoms with E-state index in [2.05, 4.69) is 27.3 Å². The molecule has 0 aliphatic carbocycles. The molecule has 220 valence electrons. The predicted octanol–water partition coefficient (Wildman–Crippen LogP) is 7.20. The van der Waals surface area contributed by atoms with Gasteiger partial charge in [-0.2, -0.15) is 0 Å². The molecule has 5 rings (SSSR count). The molecule has 0 bridgehead atoms. The Balaban J connectivity index is 1.53. The largest absolute Gasteiger partial charge is 0.494 e. The lowest BCUT2D eigenvalue weighted by Gasteiger charge is -2.30. The lowest BCUT2D eigenvalue weighted by Crippen LogP contribution is -2.47. The Morgan fingerprint density at radius 3 is 2.53 bits per heavy atom. The van der Waals surface area contributed by atoms with E-state index in [1.54, 1.807) is 0 Å². The molecule has 0 saturated heterocycles. The number of benzene rings is 4. The maximum Gasteiger partial charge on any atom is 0.252 e. The maximum absolute atomic E-state index is 14.4. The molecule has 0 saturated carbocycles. The maximum atomic E-state index is 14.4. The SMILES string of the molecule is Cc1cccc(CNC(=O)[C@]2(C/C=C/c3ccccc3)N=C(c3ccc(OCCCO)cc3)O[C@@H]2c2ccccc2Br)c1. The summed E-state index contributed by atoms with van der Waals surface area (Å²) in [6.07, 6.45) is 4.20. The van der Waals surface area contributed by atoms with Gasteiger partial charge in [0.15, 0.2) is 11.6 Å². The van der Waals surface area contributed by atoms with Crippen LogP contribution >= 0.6 is 15.9 Å². The summed E-state index contributed by atoms with van der Waals surface area (Å²) < 4.78 is 13.2. The number of hydrogen-bond acceptors (Lipinski definition) is 5. The second-order valence-corrected chi connectivity index (χ2v) is 11.4. The zero-order valence-corrected chi connectivity index (χ0v) is 25.7. The molecule has 0 aromatic heterocycles. The van der Waals surface area contributed by atoms with E-state index in [4.69, 9.17) is 19.6 Å². The lowest BCUT2D eigenvalue weighted by atomic mass is 9.84. The van der Waals surface area contributed by atoms with Crippen molar-refractivity contribution < 1.29 is 19.4 Å². The molecular formula is C36H35BrN2O4. The van der Waals surface area contributed by atoms with Crippen molar-refractivity contribution in [3.8, 4) is 5.75 Å². The fraction of sp³-hybridized carbons (Fsp3) is 0.222. The Morgan fingerprint density at radius 1 is 1.02 bits per heavy atom. The summed E-state index contributed by atoms with van der Waals surface area (Å²) in [6, 6.07) is 33.3. The van der Waals surface area contributed by atoms with Gasteiger partial charge < -0.3 is 19.9 Å². The number of nitrogens with zero attached hydrogens (tertiary/aromatic N) is 1. The molecule has 7 heteroatoms. The molecule has 1 heterocycles. The number of aliphatic hydroxyl groups is 1. The van der Waals surface area contributed by atoms with Crippen LogP contribution in [0, 0.1) is 6.92 Å². The molecule has 0 spiro atoms. The van der Waals surface area contributed by atoms with Gasteiger partial charge in [-0.15, -0.1) is 0 Å². The van der Waals surface area contributed by atoms with Gasteiger partial charge >= 0.3 is 0 Å². The molecule has 0 radical (unpaired) electrons. The lowest BCUT2D eigenvalue weighted by molar-refractivity contribution is -0.129. The number of halogens is 1. The van der Waals surface area contributed by atoms with Crippen LogP contribution in [0.3, 0.4) is 0 Å². The molecule has 6 nitrogen and oxygen atoms in total. The first kappa shape index (κ1) is 30.3. The number of carbonyl (C=O) groups is 1. The normalized spacial score (nSPS) is 17.8. The van der Waals surface area contributed by atoms with Crippen molar-refractivity contribution in [3.63, 3.8) is 0 Å². The van der Waals surface area contributed by atoms with Crippen molar-refractivity contribution in [2.24, 2.45) is 4.99 Å². The number of rotatable bonds is 12. The van der Waals surface area contributed by atoms with E-state index in [1.165, 1.54) is 0 Å². The number of aliphatic hydroxyl groups excluding tert-OH is 1. The predicted molar refractivity (Wildman–Crippen MR) is 174 cm³/mol. The van der Waals surface area contributed by atoms with Gasteiger partial charge in [0.05, 0.1) is 6.61 Å². The van der Waals surface area contributed by atoms with Crippen LogP contribution < -0.4 is 10.1 Å². The Morgan fingerprint density at radius 2 is 1.79 bits per heavy atom. The summed E-state index contributed by atoms with van der Waals surface area (Å²) in [6.45, 7) is 2.91. The summed E-state index contributed by atoms with van der Waals surface area (Å²) in [4.78, 5) is 19.4. The third-order valence-corrected chi connectivity index (χ3v) is 8.01. The summed E-state index contributed by atoms with van der Waals surface area (Å²) in [5.41, 5.74) is 3.49. The standard InChI is InChI=1S/C36H35BrN2O4/c1-26-10-7-13-28(24-26)25-38-35(41)36(21-8-14-27-11-3-2-4-12-27)33(31-15-5-6-16-32(31)37)43-34(39-36)29-17-19-30(20-18-29)42-23-9-22-40/h2-8,10-20,24,33,40H,9,21-23,25H2,1H3,(H,38,41)/b14-8+/t33-,36-/m1/s1. The van der Waals surface area contributed by atoms with Crippen molar-refractivity contribution in [1.82, 2.24) is 5.32 Å². The fourth-order valence-electron chi connectivity index (χ4n) is 5.08. The van der Waals surface area contributed by atoms with E-state index in [9.17, 15) is 4.79 Å². The number of nitrogens with one attached hydrogen (secondary N) is 1. The first-order valence-corrected chi connectivity index (χ1v) is 15.2. The molecule has 0 unspecified atom stereocenters. The van der Waals surface area contributed by atoms with E-state index < -0.39 is 11.6 Å². The molecule has 0 fully saturated rings. The van der Waals surface area contributed by atoms with Gasteiger partial charge in [0.25, 0.3) is 5.91 Å². The van der Waals surface area contributed by atoms with Crippen LogP contribution in [-0.2, 0) is 16.1 Å². The van der Waals surface area contributed by atoms with Crippen LogP contribution in [0.5, 0.6) is 5.75 Å². The Kier molecular flexibility index (Phi) is 10.1. The number of aryl methyl sites for hydroxylation is 1. The molecule has 1 amide bonds. The average Bonchev–Trinajstić information content (AvgIpc) is 3.41. The third-order valence-electron chi connectivity index (χ3n) is 7.29. The van der Waals surface area contributed by atoms with Crippen LogP contribution in [0.1, 0.15) is 46.8 Å². The Bertz CT molecular complexity index is 1590. The van der Waals surface area contributed by atoms with Crippen LogP contribution in [0.2, 0.25) is 0 Å². The number of carbonyl (C=O) groups excluding carboxylic acids is 1. The number of hydrogen-bond donors (Lipinski definition) is 2. The number of amides is 1. The van der Waals surface area contributed by atoms with Gasteiger partial charge in [0, 0.05) is 41.6 Å². The Hall–Kier alpha value is -4.20. The highest BCUT2D eigenvalue weighted by Crippen LogP contribution is 2.45. The summed E-state index contributed by atoms with van der Waals surface area (Å²) >= 11 is 3.70. The first-order chi connectivity index (χ1) is 21.0. The van der Waals surface area contributed by atoms with Gasteiger partial charge in [0.1, 0.15) is 5.75 Å². The van der Waals surface area contributed by atoms with E-state index in [0.717, 1.165) is 32.3 Å². The van der Waals surface area contributed by atoms with Crippen LogP contribution in [0.15, 0.2) is 119 Å². The highest BCUT2D eigenvalue weighted by Gasteiger charge is 2.53. The second-order valence-electron chi connectivity index (χ2n) is 10.5. The van der Waals surface area contributed by atoms with Crippen molar-refractivity contribution in [3.05, 3.63) is 141 Å². The topological polar surface area (TPSA) is 80.2 Å². The molecule has 43 heavy (non-hydrogen) atoms. The molecule has 2 atom stereocenters.